The Morgan fingerprint density at radius 2 is 2.42 bits per heavy atom. The molecule has 70 valence electrons. The van der Waals surface area contributed by atoms with Gasteiger partial charge in [-0.25, -0.2) is 0 Å². The summed E-state index contributed by atoms with van der Waals surface area (Å²) in [5, 5.41) is 0. The number of hydrogen-bond donors (Lipinski definition) is 1. The Morgan fingerprint density at radius 1 is 1.75 bits per heavy atom. The molecular formula is C9H17NO2. The minimum absolute atomic E-state index is 0.164. The van der Waals surface area contributed by atoms with E-state index in [1.807, 2.05) is 6.92 Å². The smallest absolute Gasteiger partial charge is 0.306 e. The highest BCUT2D eigenvalue weighted by Gasteiger charge is 2.02. The maximum atomic E-state index is 10.9. The van der Waals surface area contributed by atoms with Gasteiger partial charge in [-0.05, 0) is 19.8 Å². The van der Waals surface area contributed by atoms with E-state index in [0.717, 1.165) is 12.8 Å². The zero-order chi connectivity index (χ0) is 9.40. The third-order valence-electron chi connectivity index (χ3n) is 1.40. The van der Waals surface area contributed by atoms with E-state index in [1.54, 1.807) is 6.08 Å². The van der Waals surface area contributed by atoms with Crippen LogP contribution in [0.2, 0.25) is 0 Å². The van der Waals surface area contributed by atoms with Gasteiger partial charge in [0.1, 0.15) is 6.61 Å². The van der Waals surface area contributed by atoms with Crippen molar-refractivity contribution in [1.82, 2.24) is 0 Å². The van der Waals surface area contributed by atoms with Crippen LogP contribution in [0.5, 0.6) is 0 Å². The van der Waals surface area contributed by atoms with Gasteiger partial charge in [-0.1, -0.05) is 12.7 Å². The monoisotopic (exact) mass is 171 g/mol. The van der Waals surface area contributed by atoms with Gasteiger partial charge in [0.2, 0.25) is 0 Å². The number of carbonyl (C=O) groups is 1. The summed E-state index contributed by atoms with van der Waals surface area (Å²) >= 11 is 0. The van der Waals surface area contributed by atoms with Crippen LogP contribution in [-0.2, 0) is 9.53 Å². The van der Waals surface area contributed by atoms with Gasteiger partial charge in [0, 0.05) is 12.5 Å². The summed E-state index contributed by atoms with van der Waals surface area (Å²) in [4.78, 5) is 10.9. The lowest BCUT2D eigenvalue weighted by molar-refractivity contribution is -0.142. The number of carbonyl (C=O) groups excluding carboxylic acids is 1. The highest BCUT2D eigenvalue weighted by Crippen LogP contribution is 1.99. The fourth-order valence-corrected chi connectivity index (χ4v) is 0.792. The van der Waals surface area contributed by atoms with Crippen molar-refractivity contribution in [1.29, 1.82) is 0 Å². The van der Waals surface area contributed by atoms with E-state index in [0.29, 0.717) is 13.0 Å². The molecular weight excluding hydrogens is 154 g/mol. The van der Waals surface area contributed by atoms with Crippen LogP contribution in [-0.4, -0.2) is 18.6 Å². The number of nitrogens with two attached hydrogens (primary N) is 1. The molecule has 0 unspecified atom stereocenters. The van der Waals surface area contributed by atoms with Gasteiger partial charge < -0.3 is 10.5 Å². The molecule has 0 heterocycles. The molecule has 0 radical (unpaired) electrons. The van der Waals surface area contributed by atoms with Crippen molar-refractivity contribution < 1.29 is 9.53 Å². The first-order valence-corrected chi connectivity index (χ1v) is 4.19. The number of esters is 1. The summed E-state index contributed by atoms with van der Waals surface area (Å²) < 4.78 is 4.78. The van der Waals surface area contributed by atoms with Crippen molar-refractivity contribution in [2.75, 3.05) is 6.61 Å². The Bertz CT molecular complexity index is 143. The molecule has 0 aliphatic heterocycles. The van der Waals surface area contributed by atoms with Crippen LogP contribution in [0.25, 0.3) is 0 Å². The molecule has 2 N–H and O–H groups in total. The molecule has 0 saturated heterocycles. The second kappa shape index (κ2) is 6.85. The lowest BCUT2D eigenvalue weighted by atomic mass is 10.1. The minimum atomic E-state index is -0.171. The number of rotatable bonds is 6. The van der Waals surface area contributed by atoms with Gasteiger partial charge in [-0.3, -0.25) is 4.79 Å². The average Bonchev–Trinajstić information content (AvgIpc) is 2.00. The summed E-state index contributed by atoms with van der Waals surface area (Å²) in [6.07, 6.45) is 3.68. The molecule has 0 aromatic rings. The molecule has 3 heteroatoms. The Balaban J connectivity index is 3.25. The Hall–Kier alpha value is -0.830. The summed E-state index contributed by atoms with van der Waals surface area (Å²) in [7, 11) is 0. The third-order valence-corrected chi connectivity index (χ3v) is 1.40. The van der Waals surface area contributed by atoms with Crippen molar-refractivity contribution >= 4 is 5.97 Å². The van der Waals surface area contributed by atoms with E-state index in [2.05, 4.69) is 6.58 Å². The molecule has 0 fully saturated rings. The van der Waals surface area contributed by atoms with E-state index >= 15 is 0 Å². The molecule has 0 amide bonds. The zero-order valence-corrected chi connectivity index (χ0v) is 7.58. The molecule has 0 aromatic carbocycles. The highest BCUT2D eigenvalue weighted by atomic mass is 16.5. The fourth-order valence-electron chi connectivity index (χ4n) is 0.792. The first-order valence-electron chi connectivity index (χ1n) is 4.19. The summed E-state index contributed by atoms with van der Waals surface area (Å²) in [6, 6.07) is 0.164. The molecule has 0 spiro atoms. The normalized spacial score (nSPS) is 12.2. The van der Waals surface area contributed by atoms with E-state index in [4.69, 9.17) is 10.5 Å². The summed E-state index contributed by atoms with van der Waals surface area (Å²) in [5.41, 5.74) is 5.51. The van der Waals surface area contributed by atoms with Crippen molar-refractivity contribution in [2.45, 2.75) is 32.2 Å². The number of ether oxygens (including phenoxy) is 1. The molecule has 0 rings (SSSR count). The van der Waals surface area contributed by atoms with Crippen molar-refractivity contribution in [3.05, 3.63) is 12.7 Å². The topological polar surface area (TPSA) is 52.3 Å². The van der Waals surface area contributed by atoms with Crippen LogP contribution in [0.4, 0.5) is 0 Å². The van der Waals surface area contributed by atoms with Gasteiger partial charge in [0.05, 0.1) is 0 Å². The average molecular weight is 171 g/mol. The van der Waals surface area contributed by atoms with Crippen molar-refractivity contribution in [2.24, 2.45) is 5.73 Å². The molecule has 12 heavy (non-hydrogen) atoms. The van der Waals surface area contributed by atoms with Crippen molar-refractivity contribution in [3.8, 4) is 0 Å². The zero-order valence-electron chi connectivity index (χ0n) is 7.58. The Labute approximate surface area is 73.6 Å². The summed E-state index contributed by atoms with van der Waals surface area (Å²) in [5.74, 6) is -0.171. The maximum Gasteiger partial charge on any atom is 0.306 e. The molecule has 0 saturated carbocycles. The fraction of sp³-hybridized carbons (Fsp3) is 0.667. The standard InChI is InChI=1S/C9H17NO2/c1-3-7-12-9(11)6-4-5-8(2)10/h3,8H,1,4-7,10H2,2H3/t8-/m1/s1. The van der Waals surface area contributed by atoms with Crippen molar-refractivity contribution in [3.63, 3.8) is 0 Å². The van der Waals surface area contributed by atoms with Gasteiger partial charge in [0.25, 0.3) is 0 Å². The van der Waals surface area contributed by atoms with E-state index in [1.165, 1.54) is 0 Å². The molecule has 0 bridgehead atoms. The second-order valence-corrected chi connectivity index (χ2v) is 2.84. The highest BCUT2D eigenvalue weighted by molar-refractivity contribution is 5.69. The van der Waals surface area contributed by atoms with Crippen LogP contribution >= 0.6 is 0 Å². The lowest BCUT2D eigenvalue weighted by Gasteiger charge is -2.03. The predicted octanol–water partition coefficient (Wildman–Crippen LogP) is 1.23. The van der Waals surface area contributed by atoms with E-state index < -0.39 is 0 Å². The maximum absolute atomic E-state index is 10.9. The summed E-state index contributed by atoms with van der Waals surface area (Å²) in [6.45, 7) is 5.67. The Kier molecular flexibility index (Phi) is 6.38. The lowest BCUT2D eigenvalue weighted by Crippen LogP contribution is -2.15. The predicted molar refractivity (Wildman–Crippen MR) is 48.7 cm³/mol. The molecule has 0 aliphatic rings. The molecule has 1 atom stereocenters. The van der Waals surface area contributed by atoms with Crippen LogP contribution in [0.15, 0.2) is 12.7 Å². The van der Waals surface area contributed by atoms with Crippen LogP contribution in [0.1, 0.15) is 26.2 Å². The van der Waals surface area contributed by atoms with Gasteiger partial charge in [-0.15, -0.1) is 0 Å². The third kappa shape index (κ3) is 7.28. The van der Waals surface area contributed by atoms with Gasteiger partial charge in [-0.2, -0.15) is 0 Å². The molecule has 0 aromatic heterocycles. The van der Waals surface area contributed by atoms with Crippen LogP contribution in [0.3, 0.4) is 0 Å². The van der Waals surface area contributed by atoms with E-state index in [9.17, 15) is 4.79 Å². The van der Waals surface area contributed by atoms with Gasteiger partial charge in [0.15, 0.2) is 0 Å². The van der Waals surface area contributed by atoms with Crippen LogP contribution < -0.4 is 5.73 Å². The van der Waals surface area contributed by atoms with E-state index in [-0.39, 0.29) is 12.0 Å². The molecule has 3 nitrogen and oxygen atoms in total. The van der Waals surface area contributed by atoms with Gasteiger partial charge >= 0.3 is 5.97 Å². The SMILES string of the molecule is C=CCOC(=O)CCC[C@@H](C)N. The first-order chi connectivity index (χ1) is 5.66. The Morgan fingerprint density at radius 3 is 2.92 bits per heavy atom. The quantitative estimate of drug-likeness (QED) is 0.483. The largest absolute Gasteiger partial charge is 0.461 e. The second-order valence-electron chi connectivity index (χ2n) is 2.84. The molecule has 0 aliphatic carbocycles. The first kappa shape index (κ1) is 11.2. The number of hydrogen-bond acceptors (Lipinski definition) is 3. The van der Waals surface area contributed by atoms with Crippen LogP contribution in [0, 0.1) is 0 Å². The minimum Gasteiger partial charge on any atom is -0.461 e.